The Labute approximate surface area is 61.5 Å². The van der Waals surface area contributed by atoms with Crippen LogP contribution in [0.25, 0.3) is 5.65 Å². The van der Waals surface area contributed by atoms with Crippen molar-refractivity contribution in [2.24, 2.45) is 0 Å². The molecule has 0 aromatic carbocycles. The van der Waals surface area contributed by atoms with Gasteiger partial charge in [0.25, 0.3) is 0 Å². The predicted molar refractivity (Wildman–Crippen MR) is 37.4 cm³/mol. The Balaban J connectivity index is 2.86. The molecule has 0 aliphatic rings. The van der Waals surface area contributed by atoms with Crippen molar-refractivity contribution >= 4 is 11.3 Å². The van der Waals surface area contributed by atoms with Gasteiger partial charge in [-0.15, -0.1) is 10.2 Å². The van der Waals surface area contributed by atoms with Gasteiger partial charge in [0.05, 0.1) is 5.69 Å². The fraction of sp³-hybridized carbons (Fsp3) is 0. The highest BCUT2D eigenvalue weighted by atomic mass is 19.1. The summed E-state index contributed by atoms with van der Waals surface area (Å²) in [7, 11) is 0. The minimum atomic E-state index is -0.461. The highest BCUT2D eigenvalue weighted by molar-refractivity contribution is 5.51. The zero-order valence-electron chi connectivity index (χ0n) is 5.53. The van der Waals surface area contributed by atoms with Gasteiger partial charge in [0.1, 0.15) is 6.33 Å². The number of anilines is 1. The van der Waals surface area contributed by atoms with Gasteiger partial charge in [-0.1, -0.05) is 0 Å². The maximum Gasteiger partial charge on any atom is 0.162 e. The molecular formula is C6H5FN4. The number of aromatic nitrogens is 3. The zero-order chi connectivity index (χ0) is 7.84. The number of halogens is 1. The Hall–Kier alpha value is -1.65. The number of pyridine rings is 1. The monoisotopic (exact) mass is 152 g/mol. The SMILES string of the molecule is Nc1cc2nncn2cc1F. The van der Waals surface area contributed by atoms with Gasteiger partial charge >= 0.3 is 0 Å². The molecule has 0 bridgehead atoms. The largest absolute Gasteiger partial charge is 0.396 e. The number of fused-ring (bicyclic) bond motifs is 1. The number of hydrogen-bond donors (Lipinski definition) is 1. The number of nitrogens with two attached hydrogens (primary N) is 1. The summed E-state index contributed by atoms with van der Waals surface area (Å²) in [5.41, 5.74) is 5.92. The first kappa shape index (κ1) is 6.09. The van der Waals surface area contributed by atoms with Gasteiger partial charge in [-0.05, 0) is 0 Å². The van der Waals surface area contributed by atoms with E-state index >= 15 is 0 Å². The van der Waals surface area contributed by atoms with Crippen LogP contribution in [-0.4, -0.2) is 14.6 Å². The fourth-order valence-corrected chi connectivity index (χ4v) is 0.859. The summed E-state index contributed by atoms with van der Waals surface area (Å²) in [6.45, 7) is 0. The quantitative estimate of drug-likeness (QED) is 0.596. The molecule has 0 amide bonds. The average Bonchev–Trinajstić information content (AvgIpc) is 2.36. The normalized spacial score (nSPS) is 10.6. The number of nitrogen functional groups attached to an aromatic ring is 1. The molecule has 0 aliphatic heterocycles. The summed E-state index contributed by atoms with van der Waals surface area (Å²) < 4.78 is 14.2. The molecule has 0 atom stereocenters. The minimum Gasteiger partial charge on any atom is -0.396 e. The van der Waals surface area contributed by atoms with Crippen molar-refractivity contribution in [2.45, 2.75) is 0 Å². The van der Waals surface area contributed by atoms with Crippen molar-refractivity contribution < 1.29 is 4.39 Å². The van der Waals surface area contributed by atoms with E-state index in [2.05, 4.69) is 10.2 Å². The van der Waals surface area contributed by atoms with Gasteiger partial charge in [-0.3, -0.25) is 4.40 Å². The first-order chi connectivity index (χ1) is 5.27. The first-order valence-electron chi connectivity index (χ1n) is 3.02. The van der Waals surface area contributed by atoms with E-state index in [-0.39, 0.29) is 5.69 Å². The molecule has 0 radical (unpaired) electrons. The first-order valence-corrected chi connectivity index (χ1v) is 3.02. The molecule has 2 aromatic heterocycles. The molecule has 2 rings (SSSR count). The standard InChI is InChI=1S/C6H5FN4/c7-4-2-11-3-9-10-6(11)1-5(4)8/h1-3H,8H2. The summed E-state index contributed by atoms with van der Waals surface area (Å²) >= 11 is 0. The van der Waals surface area contributed by atoms with Crippen LogP contribution in [0.15, 0.2) is 18.6 Å². The Kier molecular flexibility index (Phi) is 1.06. The van der Waals surface area contributed by atoms with E-state index in [0.717, 1.165) is 0 Å². The predicted octanol–water partition coefficient (Wildman–Crippen LogP) is 0.451. The van der Waals surface area contributed by atoms with E-state index in [4.69, 9.17) is 5.73 Å². The second-order valence-corrected chi connectivity index (χ2v) is 2.17. The summed E-state index contributed by atoms with van der Waals surface area (Å²) in [5, 5.41) is 7.26. The maximum absolute atomic E-state index is 12.7. The van der Waals surface area contributed by atoms with Crippen molar-refractivity contribution in [2.75, 3.05) is 5.73 Å². The fourth-order valence-electron chi connectivity index (χ4n) is 0.859. The highest BCUT2D eigenvalue weighted by Gasteiger charge is 2.00. The van der Waals surface area contributed by atoms with E-state index in [0.29, 0.717) is 5.65 Å². The number of rotatable bonds is 0. The lowest BCUT2D eigenvalue weighted by molar-refractivity contribution is 0.624. The zero-order valence-corrected chi connectivity index (χ0v) is 5.53. The van der Waals surface area contributed by atoms with E-state index in [1.807, 2.05) is 0 Å². The molecule has 0 unspecified atom stereocenters. The van der Waals surface area contributed by atoms with E-state index in [1.54, 1.807) is 0 Å². The van der Waals surface area contributed by atoms with E-state index in [9.17, 15) is 4.39 Å². The van der Waals surface area contributed by atoms with Gasteiger partial charge in [0.2, 0.25) is 0 Å². The molecule has 0 spiro atoms. The third-order valence-electron chi connectivity index (χ3n) is 1.41. The van der Waals surface area contributed by atoms with Gasteiger partial charge in [0, 0.05) is 12.3 Å². The molecule has 2 aromatic rings. The Morgan fingerprint density at radius 1 is 1.55 bits per heavy atom. The second-order valence-electron chi connectivity index (χ2n) is 2.17. The van der Waals surface area contributed by atoms with Crippen LogP contribution in [0, 0.1) is 5.82 Å². The van der Waals surface area contributed by atoms with Gasteiger partial charge in [-0.25, -0.2) is 4.39 Å². The van der Waals surface area contributed by atoms with E-state index < -0.39 is 5.82 Å². The molecular weight excluding hydrogens is 147 g/mol. The average molecular weight is 152 g/mol. The van der Waals surface area contributed by atoms with Gasteiger partial charge in [0.15, 0.2) is 11.5 Å². The lowest BCUT2D eigenvalue weighted by Crippen LogP contribution is -1.93. The maximum atomic E-state index is 12.7. The topological polar surface area (TPSA) is 56.2 Å². The molecule has 0 saturated heterocycles. The molecule has 2 heterocycles. The third-order valence-corrected chi connectivity index (χ3v) is 1.41. The van der Waals surface area contributed by atoms with Crippen LogP contribution in [0.5, 0.6) is 0 Å². The van der Waals surface area contributed by atoms with Crippen LogP contribution in [0.3, 0.4) is 0 Å². The highest BCUT2D eigenvalue weighted by Crippen LogP contribution is 2.10. The van der Waals surface area contributed by atoms with Crippen LogP contribution in [0.4, 0.5) is 10.1 Å². The van der Waals surface area contributed by atoms with Gasteiger partial charge < -0.3 is 5.73 Å². The second kappa shape index (κ2) is 1.91. The minimum absolute atomic E-state index is 0.0884. The van der Waals surface area contributed by atoms with Crippen molar-refractivity contribution in [1.29, 1.82) is 0 Å². The van der Waals surface area contributed by atoms with Crippen molar-refractivity contribution in [3.8, 4) is 0 Å². The summed E-state index contributed by atoms with van der Waals surface area (Å²) in [6, 6.07) is 1.43. The summed E-state index contributed by atoms with van der Waals surface area (Å²) in [6.07, 6.45) is 2.66. The van der Waals surface area contributed by atoms with Crippen molar-refractivity contribution in [1.82, 2.24) is 14.6 Å². The van der Waals surface area contributed by atoms with Crippen LogP contribution < -0.4 is 5.73 Å². The Morgan fingerprint density at radius 2 is 2.36 bits per heavy atom. The van der Waals surface area contributed by atoms with Crippen LogP contribution in [0.1, 0.15) is 0 Å². The lowest BCUT2D eigenvalue weighted by Gasteiger charge is -1.95. The Bertz CT molecular complexity index is 358. The smallest absolute Gasteiger partial charge is 0.162 e. The van der Waals surface area contributed by atoms with Gasteiger partial charge in [-0.2, -0.15) is 0 Å². The Morgan fingerprint density at radius 3 is 3.18 bits per heavy atom. The molecule has 5 heteroatoms. The van der Waals surface area contributed by atoms with Crippen molar-refractivity contribution in [3.05, 3.63) is 24.4 Å². The van der Waals surface area contributed by atoms with Crippen LogP contribution in [-0.2, 0) is 0 Å². The summed E-state index contributed by atoms with van der Waals surface area (Å²) in [5.74, 6) is -0.461. The van der Waals surface area contributed by atoms with Crippen LogP contribution >= 0.6 is 0 Å². The molecule has 11 heavy (non-hydrogen) atoms. The molecule has 2 N–H and O–H groups in total. The van der Waals surface area contributed by atoms with E-state index in [1.165, 1.54) is 23.0 Å². The molecule has 0 fully saturated rings. The molecule has 4 nitrogen and oxygen atoms in total. The molecule has 0 saturated carbocycles. The number of nitrogens with zero attached hydrogens (tertiary/aromatic N) is 3. The van der Waals surface area contributed by atoms with Crippen molar-refractivity contribution in [3.63, 3.8) is 0 Å². The van der Waals surface area contributed by atoms with Crippen LogP contribution in [0.2, 0.25) is 0 Å². The molecule has 0 aliphatic carbocycles. The number of hydrogen-bond acceptors (Lipinski definition) is 3. The third kappa shape index (κ3) is 0.813. The summed E-state index contributed by atoms with van der Waals surface area (Å²) in [4.78, 5) is 0. The lowest BCUT2D eigenvalue weighted by atomic mass is 10.4. The molecule has 56 valence electrons.